The topological polar surface area (TPSA) is 95.0 Å². The van der Waals surface area contributed by atoms with Crippen molar-refractivity contribution >= 4 is 21.9 Å². The molecule has 1 unspecified atom stereocenters. The van der Waals surface area contributed by atoms with Crippen molar-refractivity contribution < 1.29 is 23.1 Å². The van der Waals surface area contributed by atoms with E-state index < -0.39 is 22.0 Å². The van der Waals surface area contributed by atoms with Crippen molar-refractivity contribution in [1.82, 2.24) is 9.21 Å². The Morgan fingerprint density at radius 1 is 1.11 bits per heavy atom. The molecule has 0 radical (unpaired) electrons. The van der Waals surface area contributed by atoms with E-state index in [0.717, 1.165) is 18.4 Å². The third-order valence-electron chi connectivity index (χ3n) is 5.43. The number of carboxylic acids is 1. The second kappa shape index (κ2) is 7.59. The Hall–Kier alpha value is -1.93. The van der Waals surface area contributed by atoms with Gasteiger partial charge in [-0.2, -0.15) is 4.31 Å². The number of aryl methyl sites for hydroxylation is 1. The third kappa shape index (κ3) is 4.16. The zero-order chi connectivity index (χ0) is 19.8. The van der Waals surface area contributed by atoms with Crippen molar-refractivity contribution in [3.63, 3.8) is 0 Å². The highest BCUT2D eigenvalue weighted by atomic mass is 32.2. The average Bonchev–Trinajstić information content (AvgIpc) is 3.47. The molecule has 0 bridgehead atoms. The van der Waals surface area contributed by atoms with Crippen LogP contribution < -0.4 is 0 Å². The number of amides is 1. The van der Waals surface area contributed by atoms with E-state index in [1.807, 2.05) is 6.92 Å². The first-order chi connectivity index (χ1) is 12.7. The molecule has 1 amide bonds. The lowest BCUT2D eigenvalue weighted by Crippen LogP contribution is -2.50. The zero-order valence-corrected chi connectivity index (χ0v) is 16.5. The summed E-state index contributed by atoms with van der Waals surface area (Å²) in [5.74, 6) is -1.48. The van der Waals surface area contributed by atoms with Gasteiger partial charge in [-0.25, -0.2) is 13.2 Å². The fraction of sp³-hybridized carbons (Fsp3) is 0.579. The first-order valence-electron chi connectivity index (χ1n) is 9.33. The van der Waals surface area contributed by atoms with Crippen LogP contribution in [0.4, 0.5) is 0 Å². The molecule has 1 aliphatic heterocycles. The van der Waals surface area contributed by atoms with Crippen LogP contribution in [-0.4, -0.2) is 59.8 Å². The number of aliphatic carboxylic acids is 1. The Morgan fingerprint density at radius 3 is 2.15 bits per heavy atom. The quantitative estimate of drug-likeness (QED) is 0.795. The van der Waals surface area contributed by atoms with E-state index in [9.17, 15) is 23.1 Å². The number of piperidine rings is 1. The van der Waals surface area contributed by atoms with E-state index in [-0.39, 0.29) is 35.9 Å². The van der Waals surface area contributed by atoms with Crippen LogP contribution in [0, 0.1) is 12.8 Å². The summed E-state index contributed by atoms with van der Waals surface area (Å²) in [6, 6.07) is 5.90. The van der Waals surface area contributed by atoms with Gasteiger partial charge < -0.3 is 10.0 Å². The van der Waals surface area contributed by atoms with Crippen LogP contribution in [0.1, 0.15) is 38.2 Å². The number of carbonyl (C=O) groups is 2. The fourth-order valence-corrected chi connectivity index (χ4v) is 5.04. The number of carbonyl (C=O) groups excluding carboxylic acids is 1. The van der Waals surface area contributed by atoms with Gasteiger partial charge in [-0.1, -0.05) is 17.7 Å². The van der Waals surface area contributed by atoms with Crippen LogP contribution >= 0.6 is 0 Å². The number of sulfonamides is 1. The van der Waals surface area contributed by atoms with Crippen LogP contribution in [0.3, 0.4) is 0 Å². The Bertz CT molecular complexity index is 809. The normalized spacial score (nSPS) is 20.2. The summed E-state index contributed by atoms with van der Waals surface area (Å²) in [6.45, 7) is 3.98. The van der Waals surface area contributed by atoms with Gasteiger partial charge in [0, 0.05) is 25.0 Å². The Morgan fingerprint density at radius 2 is 1.67 bits per heavy atom. The Labute approximate surface area is 160 Å². The first kappa shape index (κ1) is 19.8. The summed E-state index contributed by atoms with van der Waals surface area (Å²) in [6.07, 6.45) is 2.51. The molecule has 1 aromatic carbocycles. The molecular formula is C19H26N2O5S. The Kier molecular flexibility index (Phi) is 5.58. The first-order valence-corrected chi connectivity index (χ1v) is 10.8. The predicted molar refractivity (Wildman–Crippen MR) is 99.6 cm³/mol. The van der Waals surface area contributed by atoms with Crippen molar-refractivity contribution in [1.29, 1.82) is 0 Å². The summed E-state index contributed by atoms with van der Waals surface area (Å²) < 4.78 is 27.0. The molecule has 7 nitrogen and oxygen atoms in total. The van der Waals surface area contributed by atoms with Crippen molar-refractivity contribution in [2.75, 3.05) is 13.1 Å². The number of hydrogen-bond donors (Lipinski definition) is 1. The second-order valence-corrected chi connectivity index (χ2v) is 9.42. The molecule has 1 N–H and O–H groups in total. The monoisotopic (exact) mass is 394 g/mol. The highest BCUT2D eigenvalue weighted by Gasteiger charge is 2.42. The molecule has 8 heteroatoms. The molecule has 1 aliphatic carbocycles. The van der Waals surface area contributed by atoms with E-state index >= 15 is 0 Å². The van der Waals surface area contributed by atoms with Crippen LogP contribution in [0.25, 0.3) is 0 Å². The smallest absolute Gasteiger partial charge is 0.326 e. The molecule has 1 heterocycles. The van der Waals surface area contributed by atoms with Gasteiger partial charge in [-0.15, -0.1) is 0 Å². The molecule has 1 saturated carbocycles. The van der Waals surface area contributed by atoms with Crippen LogP contribution in [0.15, 0.2) is 29.2 Å². The number of rotatable bonds is 6. The van der Waals surface area contributed by atoms with Crippen molar-refractivity contribution in [3.8, 4) is 0 Å². The average molecular weight is 394 g/mol. The highest BCUT2D eigenvalue weighted by Crippen LogP contribution is 2.33. The van der Waals surface area contributed by atoms with Gasteiger partial charge in [0.15, 0.2) is 0 Å². The predicted octanol–water partition coefficient (Wildman–Crippen LogP) is 1.86. The van der Waals surface area contributed by atoms with E-state index in [2.05, 4.69) is 0 Å². The molecule has 3 rings (SSSR count). The second-order valence-electron chi connectivity index (χ2n) is 7.48. The minimum atomic E-state index is -3.57. The zero-order valence-electron chi connectivity index (χ0n) is 15.7. The maximum Gasteiger partial charge on any atom is 0.326 e. The van der Waals surface area contributed by atoms with Crippen LogP contribution in [-0.2, 0) is 19.6 Å². The maximum absolute atomic E-state index is 12.9. The molecule has 1 atom stereocenters. The molecule has 0 aromatic heterocycles. The Balaban J connectivity index is 1.66. The molecule has 0 spiro atoms. The van der Waals surface area contributed by atoms with Crippen LogP contribution in [0.2, 0.25) is 0 Å². The summed E-state index contributed by atoms with van der Waals surface area (Å²) in [5, 5.41) is 9.29. The van der Waals surface area contributed by atoms with Crippen molar-refractivity contribution in [3.05, 3.63) is 29.8 Å². The number of nitrogens with zero attached hydrogens (tertiary/aromatic N) is 2. The lowest BCUT2D eigenvalue weighted by atomic mass is 9.95. The van der Waals surface area contributed by atoms with Gasteiger partial charge in [0.25, 0.3) is 0 Å². The molecule has 2 aliphatic rings. The van der Waals surface area contributed by atoms with Crippen molar-refractivity contribution in [2.24, 2.45) is 5.92 Å². The highest BCUT2D eigenvalue weighted by molar-refractivity contribution is 7.89. The summed E-state index contributed by atoms with van der Waals surface area (Å²) in [7, 11) is -3.57. The minimum absolute atomic E-state index is 0.0120. The maximum atomic E-state index is 12.9. The van der Waals surface area contributed by atoms with E-state index in [1.165, 1.54) is 16.1 Å². The molecule has 27 heavy (non-hydrogen) atoms. The summed E-state index contributed by atoms with van der Waals surface area (Å²) in [4.78, 5) is 26.0. The number of carboxylic acid groups (broad SMARTS) is 1. The van der Waals surface area contributed by atoms with Crippen molar-refractivity contribution in [2.45, 2.75) is 56.5 Å². The van der Waals surface area contributed by atoms with Crippen LogP contribution in [0.5, 0.6) is 0 Å². The standard InChI is InChI=1S/C19H26N2O5S/c1-13-3-7-17(8-4-13)27(25,26)20-11-9-15(10-12-20)18(22)21(16-5-6-16)14(2)19(23)24/h3-4,7-8,14-16H,5-6,9-12H2,1-2H3,(H,23,24). The molecule has 1 saturated heterocycles. The van der Waals surface area contributed by atoms with Gasteiger partial charge in [-0.05, 0) is 51.7 Å². The molecule has 148 valence electrons. The van der Waals surface area contributed by atoms with E-state index in [0.29, 0.717) is 12.8 Å². The van der Waals surface area contributed by atoms with Gasteiger partial charge >= 0.3 is 5.97 Å². The minimum Gasteiger partial charge on any atom is -0.480 e. The summed E-state index contributed by atoms with van der Waals surface area (Å²) in [5.41, 5.74) is 0.992. The number of benzene rings is 1. The SMILES string of the molecule is Cc1ccc(S(=O)(=O)N2CCC(C(=O)N(C3CC3)C(C)C(=O)O)CC2)cc1. The lowest BCUT2D eigenvalue weighted by molar-refractivity contribution is -0.152. The summed E-state index contributed by atoms with van der Waals surface area (Å²) >= 11 is 0. The molecule has 2 fully saturated rings. The van der Waals surface area contributed by atoms with Gasteiger partial charge in [0.1, 0.15) is 6.04 Å². The van der Waals surface area contributed by atoms with E-state index in [1.54, 1.807) is 24.3 Å². The molecule has 1 aromatic rings. The fourth-order valence-electron chi connectivity index (χ4n) is 3.57. The largest absolute Gasteiger partial charge is 0.480 e. The van der Waals surface area contributed by atoms with Gasteiger partial charge in [0.05, 0.1) is 4.90 Å². The van der Waals surface area contributed by atoms with Gasteiger partial charge in [0.2, 0.25) is 15.9 Å². The molecular weight excluding hydrogens is 368 g/mol. The van der Waals surface area contributed by atoms with E-state index in [4.69, 9.17) is 0 Å². The number of hydrogen-bond acceptors (Lipinski definition) is 4. The lowest BCUT2D eigenvalue weighted by Gasteiger charge is -2.35. The third-order valence-corrected chi connectivity index (χ3v) is 7.34. The van der Waals surface area contributed by atoms with Gasteiger partial charge in [-0.3, -0.25) is 4.79 Å².